The number of carboxylic acid groups (broad SMARTS) is 1. The number of unbranched alkanes of at least 4 members (excludes halogenated alkanes) is 1. The number of hydrogen-bond acceptors (Lipinski definition) is 14. The molecule has 30 nitrogen and oxygen atoms in total. The molecule has 30 heteroatoms. The molecule has 0 aromatic carbocycles. The van der Waals surface area contributed by atoms with Crippen molar-refractivity contribution in [3.8, 4) is 0 Å². The number of guanidine groups is 4. The minimum atomic E-state index is -1.41. The highest BCUT2D eigenvalue weighted by Crippen LogP contribution is 2.09. The number of carbonyl (C=O) groups is 7. The van der Waals surface area contributed by atoms with Crippen LogP contribution in [0.2, 0.25) is 0 Å². The van der Waals surface area contributed by atoms with E-state index in [1.54, 1.807) is 0 Å². The molecule has 0 radical (unpaired) electrons. The van der Waals surface area contributed by atoms with Crippen LogP contribution < -0.4 is 87.6 Å². The first kappa shape index (κ1) is 58.5. The van der Waals surface area contributed by atoms with Crippen LogP contribution in [0.25, 0.3) is 0 Å². The van der Waals surface area contributed by atoms with E-state index in [-0.39, 0.29) is 121 Å². The first-order valence-electron chi connectivity index (χ1n) is 22.0. The number of aliphatic carboxylic acids is 1. The van der Waals surface area contributed by atoms with Gasteiger partial charge in [0.2, 0.25) is 35.4 Å². The zero-order chi connectivity index (χ0) is 51.0. The van der Waals surface area contributed by atoms with Crippen molar-refractivity contribution in [2.45, 2.75) is 113 Å². The second-order valence-corrected chi connectivity index (χ2v) is 15.4. The Morgan fingerprint density at radius 1 is 0.515 bits per heavy atom. The molecule has 0 aliphatic rings. The molecule has 1 aromatic heterocycles. The topological polar surface area (TPSA) is 540 Å². The van der Waals surface area contributed by atoms with Crippen LogP contribution in [-0.2, 0) is 40.0 Å². The number of carbonyl (C=O) groups excluding carboxylic acids is 6. The number of nitrogens with two attached hydrogens (primary N) is 6. The Balaban J connectivity index is 3.53. The van der Waals surface area contributed by atoms with Crippen molar-refractivity contribution < 1.29 is 38.7 Å². The minimum absolute atomic E-state index is 0.0598. The molecule has 1 rings (SSSR count). The Kier molecular flexibility index (Phi) is 28.4. The number of H-pyrrole nitrogens is 1. The number of nitrogens with one attached hydrogen (secondary N) is 15. The average molecular weight is 965 g/mol. The number of nitrogens with zero attached hydrogens (tertiary/aromatic N) is 1. The van der Waals surface area contributed by atoms with E-state index in [9.17, 15) is 38.7 Å². The second-order valence-electron chi connectivity index (χ2n) is 15.4. The maximum atomic E-state index is 14.2. The maximum absolute atomic E-state index is 14.2. The van der Waals surface area contributed by atoms with Gasteiger partial charge in [0.15, 0.2) is 23.8 Å². The van der Waals surface area contributed by atoms with Crippen LogP contribution in [0.3, 0.4) is 0 Å². The molecule has 1 heterocycles. The lowest BCUT2D eigenvalue weighted by Gasteiger charge is -2.28. The minimum Gasteiger partial charge on any atom is -0.480 e. The van der Waals surface area contributed by atoms with E-state index in [4.69, 9.17) is 56.0 Å². The van der Waals surface area contributed by atoms with Crippen LogP contribution in [0.1, 0.15) is 76.3 Å². The van der Waals surface area contributed by atoms with Crippen molar-refractivity contribution in [2.75, 3.05) is 39.3 Å². The lowest BCUT2D eigenvalue weighted by Crippen LogP contribution is -2.60. The van der Waals surface area contributed by atoms with Crippen molar-refractivity contribution in [1.29, 1.82) is 21.6 Å². The van der Waals surface area contributed by atoms with Gasteiger partial charge >= 0.3 is 5.97 Å². The van der Waals surface area contributed by atoms with Gasteiger partial charge in [0.25, 0.3) is 0 Å². The molecule has 6 amide bonds. The standard InChI is InChI=1S/C38H72N22O8/c39-12-2-1-7-22(59-33(66)27(55-28(61)18-40)17-21-19-49-20-54-21)29(62)56-23(8-3-13-50-35(41)42)30(63)57-24(9-4-14-51-36(43)44)31(64)58-25(10-5-15-52-37(45)46)32(65)60-26(34(67)68)11-6-16-53-38(47)48/h19-20,22-27H,1-18,39-40H2,(H,49,54)(H,55,61)(H,56,62)(H,57,63)(H,58,64)(H,59,66)(H,60,65)(H,67,68)(H4,41,42,50)(H4,43,44,51)(H4,45,46,52)(H4,47,48,53)/t22-,23-,24-,25-,26-,27-/m0/s1. The normalized spacial score (nSPS) is 13.3. The molecule has 0 aliphatic heterocycles. The lowest BCUT2D eigenvalue weighted by molar-refractivity contribution is -0.142. The van der Waals surface area contributed by atoms with Crippen molar-refractivity contribution in [3.05, 3.63) is 18.2 Å². The molecule has 1 aromatic rings. The fourth-order valence-electron chi connectivity index (χ4n) is 6.38. The Hall–Kier alpha value is -7.50. The van der Waals surface area contributed by atoms with Gasteiger partial charge in [-0.05, 0) is 77.2 Å². The zero-order valence-electron chi connectivity index (χ0n) is 38.1. The lowest BCUT2D eigenvalue weighted by atomic mass is 10.0. The van der Waals surface area contributed by atoms with Gasteiger partial charge in [-0.25, -0.2) is 9.78 Å². The van der Waals surface area contributed by atoms with Gasteiger partial charge in [-0.3, -0.25) is 50.4 Å². The fourth-order valence-corrected chi connectivity index (χ4v) is 6.38. The first-order chi connectivity index (χ1) is 32.3. The first-order valence-corrected chi connectivity index (χ1v) is 22.0. The highest BCUT2D eigenvalue weighted by molar-refractivity contribution is 5.97. The molecule has 0 fully saturated rings. The highest BCUT2D eigenvalue weighted by Gasteiger charge is 2.33. The Labute approximate surface area is 393 Å². The molecule has 0 aliphatic carbocycles. The monoisotopic (exact) mass is 965 g/mol. The van der Waals surface area contributed by atoms with Crippen LogP contribution in [0.5, 0.6) is 0 Å². The quantitative estimate of drug-likeness (QED) is 0.0171. The number of amides is 6. The predicted molar refractivity (Wildman–Crippen MR) is 250 cm³/mol. The number of carboxylic acids is 1. The summed E-state index contributed by atoms with van der Waals surface area (Å²) in [6, 6.07) is -8.02. The predicted octanol–water partition coefficient (Wildman–Crippen LogP) is -6.91. The summed E-state index contributed by atoms with van der Waals surface area (Å²) in [5, 5.41) is 65.4. The third kappa shape index (κ3) is 25.8. The number of rotatable bonds is 35. The van der Waals surface area contributed by atoms with Crippen molar-refractivity contribution >= 4 is 65.3 Å². The highest BCUT2D eigenvalue weighted by atomic mass is 16.4. The molecule has 0 bridgehead atoms. The van der Waals surface area contributed by atoms with E-state index in [1.807, 2.05) is 0 Å². The van der Waals surface area contributed by atoms with E-state index in [0.29, 0.717) is 18.5 Å². The third-order valence-corrected chi connectivity index (χ3v) is 9.84. The van der Waals surface area contributed by atoms with Crippen molar-refractivity contribution in [1.82, 2.24) is 63.1 Å². The van der Waals surface area contributed by atoms with Crippen molar-refractivity contribution in [2.24, 2.45) is 34.4 Å². The molecule has 68 heavy (non-hydrogen) atoms. The average Bonchev–Trinajstić information content (AvgIpc) is 3.79. The summed E-state index contributed by atoms with van der Waals surface area (Å²) in [5.41, 5.74) is 33.2. The summed E-state index contributed by atoms with van der Waals surface area (Å²) in [6.07, 6.45) is 4.07. The Morgan fingerprint density at radius 3 is 1.16 bits per heavy atom. The van der Waals surface area contributed by atoms with Crippen LogP contribution >= 0.6 is 0 Å². The maximum Gasteiger partial charge on any atom is 0.326 e. The van der Waals surface area contributed by atoms with E-state index >= 15 is 0 Å². The van der Waals surface area contributed by atoms with Gasteiger partial charge in [-0.2, -0.15) is 0 Å². The summed E-state index contributed by atoms with van der Waals surface area (Å²) in [4.78, 5) is 101. The summed E-state index contributed by atoms with van der Waals surface area (Å²) in [5.74, 6) is -7.57. The van der Waals surface area contributed by atoms with E-state index in [1.165, 1.54) is 12.5 Å². The molecule has 0 spiro atoms. The third-order valence-electron chi connectivity index (χ3n) is 9.84. The van der Waals surface area contributed by atoms with Gasteiger partial charge < -0.3 is 97.7 Å². The number of aromatic amines is 1. The van der Waals surface area contributed by atoms with Crippen LogP contribution in [-0.4, -0.2) is 156 Å². The second kappa shape index (κ2) is 33.0. The zero-order valence-corrected chi connectivity index (χ0v) is 38.1. The van der Waals surface area contributed by atoms with E-state index in [2.05, 4.69) is 63.1 Å². The molecular formula is C38H72N22O8. The fraction of sp³-hybridized carbons (Fsp3) is 0.632. The number of imidazole rings is 1. The summed E-state index contributed by atoms with van der Waals surface area (Å²) >= 11 is 0. The van der Waals surface area contributed by atoms with Crippen LogP contribution in [0.4, 0.5) is 0 Å². The van der Waals surface area contributed by atoms with Crippen LogP contribution in [0.15, 0.2) is 12.5 Å². The summed E-state index contributed by atoms with van der Waals surface area (Å²) in [7, 11) is 0. The molecule has 0 unspecified atom stereocenters. The van der Waals surface area contributed by atoms with Crippen molar-refractivity contribution in [3.63, 3.8) is 0 Å². The SMILES string of the molecule is N=C(N)NCCC[C@H](NC(=O)[C@H](CCCNC(=N)N)NC(=O)[C@H](CCCNC(=N)N)NC(=O)[C@H](CCCNC(=N)N)NC(=O)[C@H](CCCCN)NC(=O)[C@H](Cc1c[nH]cn1)NC(=O)CN)C(=O)O. The molecule has 0 saturated carbocycles. The van der Waals surface area contributed by atoms with Gasteiger partial charge in [-0.15, -0.1) is 0 Å². The van der Waals surface area contributed by atoms with Crippen LogP contribution in [0, 0.1) is 21.6 Å². The Bertz CT molecular complexity index is 1820. The molecule has 0 saturated heterocycles. The van der Waals surface area contributed by atoms with E-state index in [0.717, 1.165) is 0 Å². The van der Waals surface area contributed by atoms with Gasteiger partial charge in [0.05, 0.1) is 18.6 Å². The van der Waals surface area contributed by atoms with Gasteiger partial charge in [-0.1, -0.05) is 0 Å². The summed E-state index contributed by atoms with van der Waals surface area (Å²) in [6.45, 7) is 0.280. The smallest absolute Gasteiger partial charge is 0.326 e. The van der Waals surface area contributed by atoms with E-state index < -0.39 is 84.2 Å². The largest absolute Gasteiger partial charge is 0.480 e. The molecule has 28 N–H and O–H groups in total. The Morgan fingerprint density at radius 2 is 0.853 bits per heavy atom. The number of hydrogen-bond donors (Lipinski definition) is 22. The molecule has 6 atom stereocenters. The molecular weight excluding hydrogens is 893 g/mol. The van der Waals surface area contributed by atoms with Gasteiger partial charge in [0.1, 0.15) is 36.3 Å². The summed E-state index contributed by atoms with van der Waals surface area (Å²) < 4.78 is 0. The number of aromatic nitrogens is 2. The molecule has 382 valence electrons. The van der Waals surface area contributed by atoms with Gasteiger partial charge in [0, 0.05) is 38.8 Å².